The van der Waals surface area contributed by atoms with Crippen LogP contribution < -0.4 is 15.1 Å². The molecule has 0 amide bonds. The highest BCUT2D eigenvalue weighted by Crippen LogP contribution is 2.33. The molecule has 1 aliphatic heterocycles. The summed E-state index contributed by atoms with van der Waals surface area (Å²) in [6.45, 7) is 3.03. The number of ether oxygens (including phenoxy) is 1. The molecule has 1 aromatic heterocycles. The first-order valence-corrected chi connectivity index (χ1v) is 9.31. The molecule has 138 valence electrons. The van der Waals surface area contributed by atoms with E-state index >= 15 is 0 Å². The monoisotopic (exact) mass is 381 g/mol. The van der Waals surface area contributed by atoms with Gasteiger partial charge in [0.1, 0.15) is 18.6 Å². The average molecular weight is 382 g/mol. The Balaban J connectivity index is 1.46. The molecule has 0 saturated heterocycles. The molecule has 4 nitrogen and oxygen atoms in total. The summed E-state index contributed by atoms with van der Waals surface area (Å²) in [7, 11) is 0. The second-order valence-corrected chi connectivity index (χ2v) is 7.24. The Morgan fingerprint density at radius 1 is 1.19 bits per heavy atom. The second-order valence-electron chi connectivity index (χ2n) is 6.80. The van der Waals surface area contributed by atoms with Crippen LogP contribution in [-0.2, 0) is 19.6 Å². The van der Waals surface area contributed by atoms with Crippen molar-refractivity contribution < 1.29 is 9.15 Å². The molecule has 0 unspecified atom stereocenters. The molecule has 0 fully saturated rings. The van der Waals surface area contributed by atoms with Gasteiger partial charge in [0.2, 0.25) is 11.2 Å². The molecule has 5 heteroatoms. The summed E-state index contributed by atoms with van der Waals surface area (Å²) in [6, 6.07) is 17.6. The van der Waals surface area contributed by atoms with E-state index in [9.17, 15) is 4.79 Å². The Morgan fingerprint density at radius 2 is 1.96 bits per heavy atom. The third-order valence-corrected chi connectivity index (χ3v) is 5.09. The fraction of sp³-hybridized carbons (Fsp3) is 0.227. The molecule has 0 saturated carbocycles. The summed E-state index contributed by atoms with van der Waals surface area (Å²) in [5, 5.41) is 0.667. The van der Waals surface area contributed by atoms with E-state index in [1.165, 1.54) is 23.6 Å². The van der Waals surface area contributed by atoms with E-state index in [2.05, 4.69) is 30.0 Å². The summed E-state index contributed by atoms with van der Waals surface area (Å²) < 4.78 is 11.3. The molecule has 0 bridgehead atoms. The minimum Gasteiger partial charge on any atom is -0.482 e. The summed E-state index contributed by atoms with van der Waals surface area (Å²) in [5.41, 5.74) is 3.29. The third-order valence-electron chi connectivity index (χ3n) is 4.83. The van der Waals surface area contributed by atoms with Crippen molar-refractivity contribution in [2.24, 2.45) is 0 Å². The first kappa shape index (κ1) is 17.7. The SMILES string of the molecule is C[C@@H]1Cc2ccccc2N1Cc1cc(=O)c(OCc2ccc(Cl)cc2)co1. The predicted octanol–water partition coefficient (Wildman–Crippen LogP) is 4.82. The van der Waals surface area contributed by atoms with Gasteiger partial charge in [0.05, 0.1) is 6.54 Å². The maximum absolute atomic E-state index is 12.4. The van der Waals surface area contributed by atoms with E-state index in [4.69, 9.17) is 20.8 Å². The minimum atomic E-state index is -0.176. The van der Waals surface area contributed by atoms with Gasteiger partial charge in [0.15, 0.2) is 0 Å². The fourth-order valence-corrected chi connectivity index (χ4v) is 3.53. The van der Waals surface area contributed by atoms with Crippen molar-refractivity contribution in [3.8, 4) is 5.75 Å². The van der Waals surface area contributed by atoms with Crippen LogP contribution in [0.1, 0.15) is 23.8 Å². The van der Waals surface area contributed by atoms with Gasteiger partial charge in [-0.15, -0.1) is 0 Å². The number of anilines is 1. The third kappa shape index (κ3) is 3.86. The van der Waals surface area contributed by atoms with E-state index in [0.717, 1.165) is 12.0 Å². The lowest BCUT2D eigenvalue weighted by atomic mass is 10.1. The van der Waals surface area contributed by atoms with Crippen molar-refractivity contribution >= 4 is 17.3 Å². The van der Waals surface area contributed by atoms with E-state index in [-0.39, 0.29) is 17.8 Å². The van der Waals surface area contributed by atoms with Gasteiger partial charge in [-0.2, -0.15) is 0 Å². The van der Waals surface area contributed by atoms with Crippen LogP contribution in [0.15, 0.2) is 70.1 Å². The highest BCUT2D eigenvalue weighted by Gasteiger charge is 2.26. The zero-order valence-corrected chi connectivity index (χ0v) is 15.8. The summed E-state index contributed by atoms with van der Waals surface area (Å²) in [4.78, 5) is 14.7. The lowest BCUT2D eigenvalue weighted by molar-refractivity contribution is 0.289. The lowest BCUT2D eigenvalue weighted by Crippen LogP contribution is -2.29. The van der Waals surface area contributed by atoms with Crippen LogP contribution in [0.3, 0.4) is 0 Å². The largest absolute Gasteiger partial charge is 0.482 e. The van der Waals surface area contributed by atoms with E-state index in [0.29, 0.717) is 23.4 Å². The molecular weight excluding hydrogens is 362 g/mol. The van der Waals surface area contributed by atoms with Crippen LogP contribution in [0.2, 0.25) is 5.02 Å². The van der Waals surface area contributed by atoms with Crippen molar-refractivity contribution in [3.63, 3.8) is 0 Å². The molecule has 3 aromatic rings. The first-order valence-electron chi connectivity index (χ1n) is 8.93. The number of hydrogen-bond acceptors (Lipinski definition) is 4. The van der Waals surface area contributed by atoms with Crippen molar-refractivity contribution in [2.75, 3.05) is 4.90 Å². The molecule has 2 heterocycles. The topological polar surface area (TPSA) is 42.7 Å². The van der Waals surface area contributed by atoms with Gasteiger partial charge in [-0.1, -0.05) is 41.9 Å². The van der Waals surface area contributed by atoms with Crippen LogP contribution in [0.4, 0.5) is 5.69 Å². The molecule has 0 spiro atoms. The van der Waals surface area contributed by atoms with Gasteiger partial charge < -0.3 is 14.1 Å². The maximum atomic E-state index is 12.4. The number of fused-ring (bicyclic) bond motifs is 1. The molecule has 0 radical (unpaired) electrons. The molecule has 1 atom stereocenters. The fourth-order valence-electron chi connectivity index (χ4n) is 3.41. The molecule has 27 heavy (non-hydrogen) atoms. The van der Waals surface area contributed by atoms with Crippen LogP contribution in [0.25, 0.3) is 0 Å². The number of nitrogens with zero attached hydrogens (tertiary/aromatic N) is 1. The molecule has 0 aliphatic carbocycles. The average Bonchev–Trinajstić information content (AvgIpc) is 2.98. The van der Waals surface area contributed by atoms with Crippen LogP contribution >= 0.6 is 11.6 Å². The van der Waals surface area contributed by atoms with Gasteiger partial charge in [-0.3, -0.25) is 4.79 Å². The Kier molecular flexibility index (Phi) is 4.90. The van der Waals surface area contributed by atoms with Crippen LogP contribution in [-0.4, -0.2) is 6.04 Å². The standard InChI is InChI=1S/C22H20ClNO3/c1-15-10-17-4-2-3-5-20(17)24(15)12-19-11-21(25)22(14-26-19)27-13-16-6-8-18(23)9-7-16/h2-9,11,14-15H,10,12-13H2,1H3/t15-/m1/s1. The maximum Gasteiger partial charge on any atom is 0.227 e. The van der Waals surface area contributed by atoms with E-state index in [1.54, 1.807) is 12.1 Å². The van der Waals surface area contributed by atoms with Gasteiger partial charge in [0, 0.05) is 22.8 Å². The molecule has 4 rings (SSSR count). The predicted molar refractivity (Wildman–Crippen MR) is 107 cm³/mol. The minimum absolute atomic E-state index is 0.176. The highest BCUT2D eigenvalue weighted by atomic mass is 35.5. The Hall–Kier alpha value is -2.72. The summed E-state index contributed by atoms with van der Waals surface area (Å²) >= 11 is 5.87. The molecular formula is C22H20ClNO3. The smallest absolute Gasteiger partial charge is 0.227 e. The van der Waals surface area contributed by atoms with E-state index < -0.39 is 0 Å². The summed E-state index contributed by atoms with van der Waals surface area (Å²) in [5.74, 6) is 0.839. The van der Waals surface area contributed by atoms with E-state index in [1.807, 2.05) is 18.2 Å². The zero-order chi connectivity index (χ0) is 18.8. The van der Waals surface area contributed by atoms with Crippen molar-refractivity contribution in [3.05, 3.63) is 93.0 Å². The van der Waals surface area contributed by atoms with Gasteiger partial charge in [-0.25, -0.2) is 0 Å². The van der Waals surface area contributed by atoms with Gasteiger partial charge in [0.25, 0.3) is 0 Å². The Bertz CT molecular complexity index is 997. The van der Waals surface area contributed by atoms with Crippen LogP contribution in [0.5, 0.6) is 5.75 Å². The van der Waals surface area contributed by atoms with Crippen molar-refractivity contribution in [2.45, 2.75) is 32.5 Å². The number of halogens is 1. The number of rotatable bonds is 5. The second kappa shape index (κ2) is 7.49. The van der Waals surface area contributed by atoms with Crippen molar-refractivity contribution in [1.82, 2.24) is 0 Å². The molecule has 1 aliphatic rings. The highest BCUT2D eigenvalue weighted by molar-refractivity contribution is 6.30. The Morgan fingerprint density at radius 3 is 2.74 bits per heavy atom. The van der Waals surface area contributed by atoms with Gasteiger partial charge in [-0.05, 0) is 42.7 Å². The number of para-hydroxylation sites is 1. The zero-order valence-electron chi connectivity index (χ0n) is 15.0. The number of benzene rings is 2. The van der Waals surface area contributed by atoms with Gasteiger partial charge >= 0.3 is 0 Å². The number of hydrogen-bond donors (Lipinski definition) is 0. The lowest BCUT2D eigenvalue weighted by Gasteiger charge is -2.24. The normalized spacial score (nSPS) is 15.6. The summed E-state index contributed by atoms with van der Waals surface area (Å²) in [6.07, 6.45) is 2.41. The Labute approximate surface area is 163 Å². The molecule has 2 aromatic carbocycles. The molecule has 0 N–H and O–H groups in total. The first-order chi connectivity index (χ1) is 13.1. The van der Waals surface area contributed by atoms with Crippen LogP contribution in [0, 0.1) is 0 Å². The van der Waals surface area contributed by atoms with Crippen molar-refractivity contribution in [1.29, 1.82) is 0 Å². The quantitative estimate of drug-likeness (QED) is 0.635.